The van der Waals surface area contributed by atoms with Gasteiger partial charge in [-0.1, -0.05) is 22.9 Å². The van der Waals surface area contributed by atoms with Crippen LogP contribution in [0.1, 0.15) is 32.3 Å². The first kappa shape index (κ1) is 14.0. The molecule has 0 amide bonds. The molecule has 0 heterocycles. The lowest BCUT2D eigenvalue weighted by atomic mass is 9.94. The lowest BCUT2D eigenvalue weighted by molar-refractivity contribution is 0.252. The highest BCUT2D eigenvalue weighted by Crippen LogP contribution is 2.27. The molecule has 1 aromatic rings. The highest BCUT2D eigenvalue weighted by Gasteiger charge is 2.22. The first-order valence-corrected chi connectivity index (χ1v) is 6.42. The summed E-state index contributed by atoms with van der Waals surface area (Å²) in [5.74, 6) is 0. The first-order valence-electron chi connectivity index (χ1n) is 5.63. The number of nitrogens with zero attached hydrogens (tertiary/aromatic N) is 1. The Hall–Kier alpha value is -1.05. The van der Waals surface area contributed by atoms with E-state index in [1.807, 2.05) is 19.1 Å². The topological polar surface area (TPSA) is 56.0 Å². The van der Waals surface area contributed by atoms with E-state index in [0.29, 0.717) is 12.0 Å². The van der Waals surface area contributed by atoms with Crippen LogP contribution in [0.2, 0.25) is 0 Å². The van der Waals surface area contributed by atoms with E-state index in [-0.39, 0.29) is 12.1 Å². The number of aliphatic hydroxyl groups excluding tert-OH is 1. The minimum absolute atomic E-state index is 0.132. The molecule has 0 spiro atoms. The van der Waals surface area contributed by atoms with Gasteiger partial charge in [0.05, 0.1) is 11.3 Å². The summed E-state index contributed by atoms with van der Waals surface area (Å²) in [5.41, 5.74) is 1.23. The minimum Gasteiger partial charge on any atom is -0.396 e. The molecule has 92 valence electrons. The Morgan fingerprint density at radius 2 is 2.24 bits per heavy atom. The number of aliphatic hydroxyl groups is 1. The van der Waals surface area contributed by atoms with Crippen LogP contribution in [0.25, 0.3) is 0 Å². The van der Waals surface area contributed by atoms with Gasteiger partial charge in [-0.05, 0) is 38.0 Å². The second kappa shape index (κ2) is 6.04. The van der Waals surface area contributed by atoms with Crippen molar-refractivity contribution >= 4 is 21.6 Å². The Morgan fingerprint density at radius 3 is 2.76 bits per heavy atom. The van der Waals surface area contributed by atoms with E-state index < -0.39 is 0 Å². The van der Waals surface area contributed by atoms with Gasteiger partial charge in [0, 0.05) is 16.6 Å². The summed E-state index contributed by atoms with van der Waals surface area (Å²) in [5, 5.41) is 21.5. The molecular formula is C13H17BrN2O. The van der Waals surface area contributed by atoms with Gasteiger partial charge in [0.2, 0.25) is 0 Å². The molecule has 4 heteroatoms. The zero-order chi connectivity index (χ0) is 12.9. The van der Waals surface area contributed by atoms with E-state index >= 15 is 0 Å². The summed E-state index contributed by atoms with van der Waals surface area (Å²) in [6.45, 7) is 4.24. The monoisotopic (exact) mass is 296 g/mol. The van der Waals surface area contributed by atoms with E-state index in [4.69, 9.17) is 10.4 Å². The molecule has 0 fully saturated rings. The molecule has 1 rings (SSSR count). The van der Waals surface area contributed by atoms with E-state index in [0.717, 1.165) is 16.6 Å². The highest BCUT2D eigenvalue weighted by molar-refractivity contribution is 9.10. The smallest absolute Gasteiger partial charge is 0.101 e. The fraction of sp³-hybridized carbons (Fsp3) is 0.462. The molecule has 0 saturated heterocycles. The number of anilines is 1. The second-order valence-corrected chi connectivity index (χ2v) is 5.23. The number of rotatable bonds is 5. The Balaban J connectivity index is 3.01. The molecule has 1 unspecified atom stereocenters. The van der Waals surface area contributed by atoms with Gasteiger partial charge in [0.25, 0.3) is 0 Å². The molecule has 0 aliphatic rings. The molecule has 0 aliphatic heterocycles. The molecule has 3 nitrogen and oxygen atoms in total. The maximum atomic E-state index is 9.08. The van der Waals surface area contributed by atoms with Gasteiger partial charge in [-0.3, -0.25) is 0 Å². The van der Waals surface area contributed by atoms with Crippen LogP contribution in [-0.2, 0) is 0 Å². The van der Waals surface area contributed by atoms with Crippen molar-refractivity contribution in [3.63, 3.8) is 0 Å². The summed E-state index contributed by atoms with van der Waals surface area (Å²) in [4.78, 5) is 0. The molecule has 0 aromatic heterocycles. The lowest BCUT2D eigenvalue weighted by Gasteiger charge is -2.30. The predicted octanol–water partition coefficient (Wildman–Crippen LogP) is 3.28. The van der Waals surface area contributed by atoms with Gasteiger partial charge in [0.15, 0.2) is 0 Å². The van der Waals surface area contributed by atoms with Crippen molar-refractivity contribution in [1.82, 2.24) is 0 Å². The van der Waals surface area contributed by atoms with Crippen LogP contribution in [0.3, 0.4) is 0 Å². The standard InChI is InChI=1S/C13H17BrN2O/c1-3-13(2,6-7-17)16-12-8-11(14)5-4-10(12)9-15/h4-5,8,16-17H,3,6-7H2,1-2H3. The number of benzene rings is 1. The van der Waals surface area contributed by atoms with Gasteiger partial charge in [-0.25, -0.2) is 0 Å². The van der Waals surface area contributed by atoms with Crippen molar-refractivity contribution in [2.24, 2.45) is 0 Å². The molecule has 0 aliphatic carbocycles. The number of nitrogens with one attached hydrogen (secondary N) is 1. The minimum atomic E-state index is -0.193. The van der Waals surface area contributed by atoms with Gasteiger partial charge in [-0.15, -0.1) is 0 Å². The molecule has 1 aromatic carbocycles. The quantitative estimate of drug-likeness (QED) is 0.877. The molecule has 0 radical (unpaired) electrons. The van der Waals surface area contributed by atoms with E-state index in [2.05, 4.69) is 34.2 Å². The van der Waals surface area contributed by atoms with Crippen molar-refractivity contribution in [3.8, 4) is 6.07 Å². The molecule has 2 N–H and O–H groups in total. The van der Waals surface area contributed by atoms with E-state index in [1.54, 1.807) is 6.07 Å². The molecule has 1 atom stereocenters. The van der Waals surface area contributed by atoms with Gasteiger partial charge < -0.3 is 10.4 Å². The summed E-state index contributed by atoms with van der Waals surface area (Å²) < 4.78 is 0.932. The van der Waals surface area contributed by atoms with Crippen LogP contribution < -0.4 is 5.32 Å². The van der Waals surface area contributed by atoms with Gasteiger partial charge >= 0.3 is 0 Å². The van der Waals surface area contributed by atoms with Crippen LogP contribution in [0.4, 0.5) is 5.69 Å². The van der Waals surface area contributed by atoms with Crippen molar-refractivity contribution in [2.75, 3.05) is 11.9 Å². The lowest BCUT2D eigenvalue weighted by Crippen LogP contribution is -2.35. The van der Waals surface area contributed by atoms with Crippen LogP contribution in [0.15, 0.2) is 22.7 Å². The van der Waals surface area contributed by atoms with Crippen molar-refractivity contribution < 1.29 is 5.11 Å². The summed E-state index contributed by atoms with van der Waals surface area (Å²) >= 11 is 3.40. The third kappa shape index (κ3) is 3.72. The molecular weight excluding hydrogens is 280 g/mol. The van der Waals surface area contributed by atoms with Gasteiger partial charge in [0.1, 0.15) is 6.07 Å². The maximum Gasteiger partial charge on any atom is 0.101 e. The Labute approximate surface area is 111 Å². The van der Waals surface area contributed by atoms with Crippen LogP contribution in [0, 0.1) is 11.3 Å². The van der Waals surface area contributed by atoms with E-state index in [1.165, 1.54) is 0 Å². The zero-order valence-corrected chi connectivity index (χ0v) is 11.7. The maximum absolute atomic E-state index is 9.08. The zero-order valence-electron chi connectivity index (χ0n) is 10.1. The summed E-state index contributed by atoms with van der Waals surface area (Å²) in [6.07, 6.45) is 1.53. The number of hydrogen-bond acceptors (Lipinski definition) is 3. The number of halogens is 1. The van der Waals surface area contributed by atoms with E-state index in [9.17, 15) is 0 Å². The van der Waals surface area contributed by atoms with Crippen molar-refractivity contribution in [3.05, 3.63) is 28.2 Å². The summed E-state index contributed by atoms with van der Waals surface area (Å²) in [7, 11) is 0. The third-order valence-corrected chi connectivity index (χ3v) is 3.48. The predicted molar refractivity (Wildman–Crippen MR) is 72.9 cm³/mol. The molecule has 17 heavy (non-hydrogen) atoms. The van der Waals surface area contributed by atoms with Crippen LogP contribution in [0.5, 0.6) is 0 Å². The highest BCUT2D eigenvalue weighted by atomic mass is 79.9. The Bertz CT molecular complexity index is 428. The largest absolute Gasteiger partial charge is 0.396 e. The SMILES string of the molecule is CCC(C)(CCO)Nc1cc(Br)ccc1C#N. The Morgan fingerprint density at radius 1 is 1.53 bits per heavy atom. The second-order valence-electron chi connectivity index (χ2n) is 4.31. The Kier molecular flexibility index (Phi) is 4.98. The van der Waals surface area contributed by atoms with Gasteiger partial charge in [-0.2, -0.15) is 5.26 Å². The number of nitriles is 1. The number of hydrogen-bond donors (Lipinski definition) is 2. The first-order chi connectivity index (χ1) is 8.04. The van der Waals surface area contributed by atoms with Crippen molar-refractivity contribution in [2.45, 2.75) is 32.2 Å². The normalized spacial score (nSPS) is 13.8. The fourth-order valence-corrected chi connectivity index (χ4v) is 1.98. The molecule has 0 bridgehead atoms. The van der Waals surface area contributed by atoms with Crippen LogP contribution >= 0.6 is 15.9 Å². The average molecular weight is 297 g/mol. The van der Waals surface area contributed by atoms with Crippen LogP contribution in [-0.4, -0.2) is 17.3 Å². The third-order valence-electron chi connectivity index (χ3n) is 2.98. The summed E-state index contributed by atoms with van der Waals surface area (Å²) in [6, 6.07) is 7.68. The molecule has 0 saturated carbocycles. The van der Waals surface area contributed by atoms with Crippen molar-refractivity contribution in [1.29, 1.82) is 5.26 Å². The average Bonchev–Trinajstić information content (AvgIpc) is 2.29. The fourth-order valence-electron chi connectivity index (χ4n) is 1.62.